The fraction of sp³-hybridized carbons (Fsp3) is 0.500. The quantitative estimate of drug-likeness (QED) is 0.309. The molecule has 15 heavy (non-hydrogen) atoms. The van der Waals surface area contributed by atoms with E-state index in [-0.39, 0.29) is 5.54 Å². The van der Waals surface area contributed by atoms with E-state index in [1.165, 1.54) is 0 Å². The lowest BCUT2D eigenvalue weighted by Crippen LogP contribution is -2.34. The summed E-state index contributed by atoms with van der Waals surface area (Å²) in [6.45, 7) is 7.86. The Hall–Kier alpha value is -1.49. The molecule has 0 amide bonds. The first-order chi connectivity index (χ1) is 6.92. The molecule has 1 rings (SSSR count). The van der Waals surface area contributed by atoms with Gasteiger partial charge in [-0.1, -0.05) is 0 Å². The van der Waals surface area contributed by atoms with Crippen molar-refractivity contribution in [2.45, 2.75) is 33.2 Å². The molecule has 0 aliphatic heterocycles. The number of rotatable bonds is 1. The Bertz CT molecular complexity index is 347. The third-order valence-electron chi connectivity index (χ3n) is 1.61. The number of nitrogens with two attached hydrogens (primary N) is 1. The normalized spacial score (nSPS) is 12.7. The van der Waals surface area contributed by atoms with Crippen LogP contribution in [0.1, 0.15) is 32.2 Å². The Kier molecular flexibility index (Phi) is 3.36. The molecule has 0 spiro atoms. The summed E-state index contributed by atoms with van der Waals surface area (Å²) < 4.78 is 0. The van der Waals surface area contributed by atoms with Gasteiger partial charge in [-0.15, -0.1) is 0 Å². The molecule has 0 fully saturated rings. The maximum absolute atomic E-state index is 5.40. The monoisotopic (exact) mass is 207 g/mol. The number of amidine groups is 1. The van der Waals surface area contributed by atoms with Gasteiger partial charge in [0.25, 0.3) is 0 Å². The van der Waals surface area contributed by atoms with Gasteiger partial charge in [0.05, 0.1) is 17.4 Å². The number of nitrogens with one attached hydrogen (secondary N) is 1. The molecule has 0 atom stereocenters. The maximum Gasteiger partial charge on any atom is 0.163 e. The van der Waals surface area contributed by atoms with Gasteiger partial charge in [0.15, 0.2) is 5.84 Å². The largest absolute Gasteiger partial charge is 0.307 e. The molecule has 3 N–H and O–H groups in total. The predicted molar refractivity (Wildman–Crippen MR) is 60.4 cm³/mol. The molecule has 0 bridgehead atoms. The maximum atomic E-state index is 5.40. The van der Waals surface area contributed by atoms with Crippen LogP contribution in [0.4, 0.5) is 0 Å². The van der Waals surface area contributed by atoms with Gasteiger partial charge in [-0.3, -0.25) is 9.98 Å². The second kappa shape index (κ2) is 4.35. The Morgan fingerprint density at radius 3 is 2.40 bits per heavy atom. The first kappa shape index (κ1) is 11.6. The van der Waals surface area contributed by atoms with E-state index in [9.17, 15) is 0 Å². The summed E-state index contributed by atoms with van der Waals surface area (Å²) >= 11 is 0. The van der Waals surface area contributed by atoms with Crippen LogP contribution in [-0.2, 0) is 0 Å². The fourth-order valence-electron chi connectivity index (χ4n) is 1.01. The van der Waals surface area contributed by atoms with Crippen LogP contribution in [0.15, 0.2) is 17.4 Å². The van der Waals surface area contributed by atoms with Crippen molar-refractivity contribution in [3.05, 3.63) is 23.8 Å². The van der Waals surface area contributed by atoms with E-state index in [1.807, 2.05) is 27.7 Å². The summed E-state index contributed by atoms with van der Waals surface area (Å²) in [7, 11) is 0. The van der Waals surface area contributed by atoms with Crippen molar-refractivity contribution in [1.82, 2.24) is 15.4 Å². The lowest BCUT2D eigenvalue weighted by Gasteiger charge is -2.15. The first-order valence-electron chi connectivity index (χ1n) is 4.78. The van der Waals surface area contributed by atoms with Crippen LogP contribution in [0.2, 0.25) is 0 Å². The van der Waals surface area contributed by atoms with E-state index in [1.54, 1.807) is 12.4 Å². The van der Waals surface area contributed by atoms with Gasteiger partial charge in [-0.25, -0.2) is 10.8 Å². The van der Waals surface area contributed by atoms with Gasteiger partial charge in [-0.2, -0.15) is 0 Å². The summed E-state index contributed by atoms with van der Waals surface area (Å²) in [5, 5.41) is 0. The average molecular weight is 207 g/mol. The van der Waals surface area contributed by atoms with Gasteiger partial charge in [0, 0.05) is 6.20 Å². The lowest BCUT2D eigenvalue weighted by molar-refractivity contribution is 0.579. The number of aromatic nitrogens is 2. The second-order valence-corrected chi connectivity index (χ2v) is 4.32. The molecular weight excluding hydrogens is 190 g/mol. The van der Waals surface area contributed by atoms with Gasteiger partial charge in [0.1, 0.15) is 5.69 Å². The molecule has 0 unspecified atom stereocenters. The van der Waals surface area contributed by atoms with E-state index in [2.05, 4.69) is 20.4 Å². The third kappa shape index (κ3) is 3.63. The van der Waals surface area contributed by atoms with E-state index in [0.29, 0.717) is 11.5 Å². The van der Waals surface area contributed by atoms with Crippen molar-refractivity contribution in [2.75, 3.05) is 0 Å². The molecule has 0 saturated heterocycles. The fourth-order valence-corrected chi connectivity index (χ4v) is 1.01. The average Bonchev–Trinajstić information content (AvgIpc) is 2.14. The molecule has 0 saturated carbocycles. The summed E-state index contributed by atoms with van der Waals surface area (Å²) in [4.78, 5) is 12.7. The number of aryl methyl sites for hydroxylation is 1. The highest BCUT2D eigenvalue weighted by molar-refractivity contribution is 5.96. The van der Waals surface area contributed by atoms with Crippen LogP contribution in [0.3, 0.4) is 0 Å². The number of hydrazine groups is 1. The SMILES string of the molecule is Cc1cnc(C(=NC(C)(C)C)NN)cn1. The zero-order valence-electron chi connectivity index (χ0n) is 9.57. The van der Waals surface area contributed by atoms with Crippen LogP contribution >= 0.6 is 0 Å². The van der Waals surface area contributed by atoms with Crippen LogP contribution in [0.25, 0.3) is 0 Å². The summed E-state index contributed by atoms with van der Waals surface area (Å²) in [6, 6.07) is 0. The Morgan fingerprint density at radius 1 is 1.33 bits per heavy atom. The summed E-state index contributed by atoms with van der Waals surface area (Å²) in [5.41, 5.74) is 3.86. The van der Waals surface area contributed by atoms with Crippen molar-refractivity contribution >= 4 is 5.84 Å². The summed E-state index contributed by atoms with van der Waals surface area (Å²) in [6.07, 6.45) is 3.34. The van der Waals surface area contributed by atoms with Gasteiger partial charge < -0.3 is 5.43 Å². The molecule has 0 aliphatic rings. The van der Waals surface area contributed by atoms with E-state index >= 15 is 0 Å². The highest BCUT2D eigenvalue weighted by Gasteiger charge is 2.11. The molecule has 5 nitrogen and oxygen atoms in total. The number of aliphatic imine (C=N–C) groups is 1. The molecule has 0 aliphatic carbocycles. The van der Waals surface area contributed by atoms with Crippen LogP contribution < -0.4 is 11.3 Å². The highest BCUT2D eigenvalue weighted by atomic mass is 15.3. The van der Waals surface area contributed by atoms with Gasteiger partial charge >= 0.3 is 0 Å². The molecule has 5 heteroatoms. The molecule has 82 valence electrons. The van der Waals surface area contributed by atoms with Crippen molar-refractivity contribution < 1.29 is 0 Å². The van der Waals surface area contributed by atoms with E-state index < -0.39 is 0 Å². The third-order valence-corrected chi connectivity index (χ3v) is 1.61. The zero-order valence-corrected chi connectivity index (χ0v) is 9.57. The molecule has 1 heterocycles. The number of hydrogen-bond acceptors (Lipinski definition) is 4. The van der Waals surface area contributed by atoms with E-state index in [4.69, 9.17) is 5.84 Å². The molecule has 1 aromatic heterocycles. The number of nitrogens with zero attached hydrogens (tertiary/aromatic N) is 3. The van der Waals surface area contributed by atoms with Crippen LogP contribution in [0.5, 0.6) is 0 Å². The minimum Gasteiger partial charge on any atom is -0.307 e. The first-order valence-corrected chi connectivity index (χ1v) is 4.78. The summed E-state index contributed by atoms with van der Waals surface area (Å²) in [5.74, 6) is 5.95. The van der Waals surface area contributed by atoms with Crippen LogP contribution in [-0.4, -0.2) is 21.3 Å². The van der Waals surface area contributed by atoms with Crippen molar-refractivity contribution in [3.63, 3.8) is 0 Å². The van der Waals surface area contributed by atoms with Crippen molar-refractivity contribution in [3.8, 4) is 0 Å². The molecule has 1 aromatic rings. The van der Waals surface area contributed by atoms with Gasteiger partial charge in [0.2, 0.25) is 0 Å². The molecule has 0 aromatic carbocycles. The second-order valence-electron chi connectivity index (χ2n) is 4.32. The predicted octanol–water partition coefficient (Wildman–Crippen LogP) is 0.793. The standard InChI is InChI=1S/C10H17N5/c1-7-5-13-8(6-12-7)9(15-11)14-10(2,3)4/h5-6H,11H2,1-4H3,(H,14,15). The Labute approximate surface area is 89.8 Å². The van der Waals surface area contributed by atoms with Crippen LogP contribution in [0, 0.1) is 6.92 Å². The smallest absolute Gasteiger partial charge is 0.163 e. The molecule has 0 radical (unpaired) electrons. The topological polar surface area (TPSA) is 76.2 Å². The highest BCUT2D eigenvalue weighted by Crippen LogP contribution is 2.08. The lowest BCUT2D eigenvalue weighted by atomic mass is 10.1. The van der Waals surface area contributed by atoms with Crippen molar-refractivity contribution in [1.29, 1.82) is 0 Å². The minimum absolute atomic E-state index is 0.200. The zero-order chi connectivity index (χ0) is 11.5. The Balaban J connectivity index is 3.03. The van der Waals surface area contributed by atoms with Crippen molar-refractivity contribution in [2.24, 2.45) is 10.8 Å². The van der Waals surface area contributed by atoms with E-state index in [0.717, 1.165) is 5.69 Å². The molecular formula is C10H17N5. The number of hydrogen-bond donors (Lipinski definition) is 2. The van der Waals surface area contributed by atoms with Gasteiger partial charge in [-0.05, 0) is 27.7 Å². The Morgan fingerprint density at radius 2 is 2.00 bits per heavy atom. The minimum atomic E-state index is -0.200.